The van der Waals surface area contributed by atoms with E-state index in [0.717, 1.165) is 11.1 Å². The van der Waals surface area contributed by atoms with Crippen LogP contribution in [0.25, 0.3) is 0 Å². The molecule has 0 saturated heterocycles. The van der Waals surface area contributed by atoms with Crippen LogP contribution in [0.5, 0.6) is 0 Å². The first-order valence-corrected chi connectivity index (χ1v) is 8.85. The number of hydrogen-bond acceptors (Lipinski definition) is 5. The first kappa shape index (κ1) is 20.1. The van der Waals surface area contributed by atoms with Gasteiger partial charge in [0.15, 0.2) is 5.69 Å². The van der Waals surface area contributed by atoms with Gasteiger partial charge in [0.05, 0.1) is 18.9 Å². The van der Waals surface area contributed by atoms with Crippen LogP contribution in [-0.2, 0) is 11.2 Å². The first-order valence-electron chi connectivity index (χ1n) is 8.06. The number of pyridine rings is 1. The first-order chi connectivity index (χ1) is 12.5. The van der Waals surface area contributed by atoms with Crippen molar-refractivity contribution in [2.24, 2.45) is 0 Å². The molecule has 5 nitrogen and oxygen atoms in total. The Morgan fingerprint density at radius 1 is 1.38 bits per heavy atom. The summed E-state index contributed by atoms with van der Waals surface area (Å²) in [6, 6.07) is 6.19. The van der Waals surface area contributed by atoms with Crippen LogP contribution in [0.2, 0.25) is 0 Å². The number of benzene rings is 1. The molecule has 0 aliphatic heterocycles. The summed E-state index contributed by atoms with van der Waals surface area (Å²) in [6.45, 7) is 5.80. The van der Waals surface area contributed by atoms with Gasteiger partial charge in [-0.15, -0.1) is 0 Å². The number of aliphatic hydroxyl groups excluding tert-OH is 1. The predicted molar refractivity (Wildman–Crippen MR) is 102 cm³/mol. The number of carbonyl (C=O) groups is 1. The van der Waals surface area contributed by atoms with Crippen LogP contribution < -0.4 is 5.32 Å². The van der Waals surface area contributed by atoms with Gasteiger partial charge in [-0.2, -0.15) is 0 Å². The van der Waals surface area contributed by atoms with Gasteiger partial charge in [0.1, 0.15) is 5.82 Å². The van der Waals surface area contributed by atoms with E-state index in [2.05, 4.69) is 32.8 Å². The second-order valence-corrected chi connectivity index (χ2v) is 6.40. The van der Waals surface area contributed by atoms with Crippen molar-refractivity contribution in [1.29, 1.82) is 0 Å². The molecule has 1 aromatic heterocycles. The fourth-order valence-electron chi connectivity index (χ4n) is 2.26. The molecule has 1 aromatic carbocycles. The number of halogens is 2. The molecule has 0 aliphatic carbocycles. The highest BCUT2D eigenvalue weighted by Crippen LogP contribution is 2.31. The Balaban J connectivity index is 2.36. The molecule has 0 spiro atoms. The molecule has 0 bridgehead atoms. The number of rotatable bonds is 8. The van der Waals surface area contributed by atoms with Crippen LogP contribution in [0.3, 0.4) is 0 Å². The van der Waals surface area contributed by atoms with E-state index in [1.807, 2.05) is 0 Å². The molecular weight excluding hydrogens is 403 g/mol. The van der Waals surface area contributed by atoms with E-state index >= 15 is 0 Å². The average Bonchev–Trinajstić information content (AvgIpc) is 2.63. The summed E-state index contributed by atoms with van der Waals surface area (Å²) < 4.78 is 18.8. The van der Waals surface area contributed by atoms with Crippen molar-refractivity contribution in [2.75, 3.05) is 25.1 Å². The topological polar surface area (TPSA) is 71.5 Å². The van der Waals surface area contributed by atoms with Gasteiger partial charge in [-0.1, -0.05) is 18.7 Å². The summed E-state index contributed by atoms with van der Waals surface area (Å²) in [7, 11) is 0. The highest BCUT2D eigenvalue weighted by molar-refractivity contribution is 9.10. The number of nitrogens with zero attached hydrogens (tertiary/aromatic N) is 1. The van der Waals surface area contributed by atoms with Gasteiger partial charge in [-0.25, -0.2) is 14.2 Å². The van der Waals surface area contributed by atoms with E-state index in [1.165, 1.54) is 12.1 Å². The molecule has 26 heavy (non-hydrogen) atoms. The molecule has 2 aromatic rings. The number of anilines is 1. The van der Waals surface area contributed by atoms with Crippen molar-refractivity contribution in [1.82, 2.24) is 4.98 Å². The molecule has 2 rings (SSSR count). The van der Waals surface area contributed by atoms with Crippen molar-refractivity contribution >= 4 is 27.6 Å². The van der Waals surface area contributed by atoms with Crippen molar-refractivity contribution in [3.05, 3.63) is 69.7 Å². The molecule has 0 amide bonds. The second-order valence-electron chi connectivity index (χ2n) is 5.61. The number of carbonyl (C=O) groups excluding carboxylic acids is 1. The zero-order valence-electron chi connectivity index (χ0n) is 14.4. The molecule has 7 heteroatoms. The van der Waals surface area contributed by atoms with E-state index in [-0.39, 0.29) is 31.3 Å². The van der Waals surface area contributed by atoms with Gasteiger partial charge in [0, 0.05) is 23.6 Å². The zero-order chi connectivity index (χ0) is 19.1. The molecule has 0 aliphatic rings. The Hall–Kier alpha value is -2.25. The highest BCUT2D eigenvalue weighted by Gasteiger charge is 2.20. The van der Waals surface area contributed by atoms with Crippen LogP contribution in [0.15, 0.2) is 47.1 Å². The highest BCUT2D eigenvalue weighted by atomic mass is 79.9. The third kappa shape index (κ3) is 5.12. The number of aliphatic hydroxyl groups is 1. The van der Waals surface area contributed by atoms with Crippen molar-refractivity contribution < 1.29 is 19.0 Å². The lowest BCUT2D eigenvalue weighted by Crippen LogP contribution is -2.15. The molecular formula is C19H20BrFN2O3. The van der Waals surface area contributed by atoms with E-state index in [0.29, 0.717) is 22.2 Å². The van der Waals surface area contributed by atoms with Crippen molar-refractivity contribution in [3.8, 4) is 0 Å². The summed E-state index contributed by atoms with van der Waals surface area (Å²) in [5, 5.41) is 12.2. The molecule has 0 unspecified atom stereocenters. The zero-order valence-corrected chi connectivity index (χ0v) is 16.0. The van der Waals surface area contributed by atoms with Gasteiger partial charge in [-0.05, 0) is 51.7 Å². The van der Waals surface area contributed by atoms with E-state index < -0.39 is 5.97 Å². The number of ether oxygens (including phenoxy) is 1. The number of aromatic nitrogens is 1. The lowest BCUT2D eigenvalue weighted by molar-refractivity contribution is 0.0520. The quantitative estimate of drug-likeness (QED) is 0.501. The molecule has 0 atom stereocenters. The Morgan fingerprint density at radius 2 is 2.08 bits per heavy atom. The molecule has 0 saturated carbocycles. The molecule has 0 radical (unpaired) electrons. The SMILES string of the molecule is C=C(CO)CNc1c(C(=O)OCC)ncc(Cc2ccc(F)cc2)c1Br. The largest absolute Gasteiger partial charge is 0.461 e. The maximum absolute atomic E-state index is 13.1. The summed E-state index contributed by atoms with van der Waals surface area (Å²) in [4.78, 5) is 16.4. The Bertz CT molecular complexity index is 794. The fraction of sp³-hybridized carbons (Fsp3) is 0.263. The Kier molecular flexibility index (Phi) is 7.29. The van der Waals surface area contributed by atoms with E-state index in [9.17, 15) is 9.18 Å². The number of hydrogen-bond donors (Lipinski definition) is 2. The van der Waals surface area contributed by atoms with E-state index in [1.54, 1.807) is 25.3 Å². The minimum Gasteiger partial charge on any atom is -0.461 e. The van der Waals surface area contributed by atoms with Gasteiger partial charge in [-0.3, -0.25) is 0 Å². The minimum absolute atomic E-state index is 0.146. The normalized spacial score (nSPS) is 10.5. The monoisotopic (exact) mass is 422 g/mol. The maximum atomic E-state index is 13.1. The predicted octanol–water partition coefficient (Wildman–Crippen LogP) is 3.71. The minimum atomic E-state index is -0.543. The smallest absolute Gasteiger partial charge is 0.359 e. The van der Waals surface area contributed by atoms with Crippen LogP contribution in [0.4, 0.5) is 10.1 Å². The summed E-state index contributed by atoms with van der Waals surface area (Å²) >= 11 is 3.52. The second kappa shape index (κ2) is 9.45. The molecule has 138 valence electrons. The molecule has 0 fully saturated rings. The van der Waals surface area contributed by atoms with Crippen molar-refractivity contribution in [2.45, 2.75) is 13.3 Å². The number of esters is 1. The van der Waals surface area contributed by atoms with Crippen LogP contribution in [0, 0.1) is 5.82 Å². The van der Waals surface area contributed by atoms with Crippen molar-refractivity contribution in [3.63, 3.8) is 0 Å². The Labute approximate surface area is 160 Å². The Morgan fingerprint density at radius 3 is 2.69 bits per heavy atom. The number of nitrogens with one attached hydrogen (secondary N) is 1. The third-order valence-corrected chi connectivity index (χ3v) is 4.51. The van der Waals surface area contributed by atoms with Crippen LogP contribution >= 0.6 is 15.9 Å². The lowest BCUT2D eigenvalue weighted by atomic mass is 10.1. The summed E-state index contributed by atoms with van der Waals surface area (Å²) in [5.74, 6) is -0.841. The fourth-order valence-corrected chi connectivity index (χ4v) is 2.83. The molecule has 2 N–H and O–H groups in total. The molecule has 1 heterocycles. The van der Waals surface area contributed by atoms with Gasteiger partial charge in [0.2, 0.25) is 0 Å². The summed E-state index contributed by atoms with van der Waals surface area (Å²) in [6.07, 6.45) is 2.10. The maximum Gasteiger partial charge on any atom is 0.359 e. The lowest BCUT2D eigenvalue weighted by Gasteiger charge is -2.16. The van der Waals surface area contributed by atoms with Gasteiger partial charge < -0.3 is 15.2 Å². The van der Waals surface area contributed by atoms with E-state index in [4.69, 9.17) is 9.84 Å². The van der Waals surface area contributed by atoms with Crippen LogP contribution in [-0.4, -0.2) is 35.8 Å². The van der Waals surface area contributed by atoms with Gasteiger partial charge >= 0.3 is 5.97 Å². The van der Waals surface area contributed by atoms with Gasteiger partial charge in [0.25, 0.3) is 0 Å². The standard InChI is InChI=1S/C19H20BrFN2O3/c1-3-26-19(25)18-17(22-9-12(2)11-24)16(20)14(10-23-18)8-13-4-6-15(21)7-5-13/h4-7,10,22,24H,2-3,8-9,11H2,1H3. The summed E-state index contributed by atoms with van der Waals surface area (Å²) in [5.41, 5.74) is 2.91. The van der Waals surface area contributed by atoms with Crippen LogP contribution in [0.1, 0.15) is 28.5 Å². The average molecular weight is 423 g/mol. The third-order valence-electron chi connectivity index (χ3n) is 3.60.